The maximum Gasteiger partial charge on any atom is 0.259 e. The second kappa shape index (κ2) is 7.36. The Balaban J connectivity index is 1.93. The van der Waals surface area contributed by atoms with Crippen molar-refractivity contribution in [2.75, 3.05) is 5.32 Å². The van der Waals surface area contributed by atoms with Crippen molar-refractivity contribution < 1.29 is 9.59 Å². The number of anilines is 1. The molecule has 0 unspecified atom stereocenters. The van der Waals surface area contributed by atoms with Crippen molar-refractivity contribution >= 4 is 34.5 Å². The maximum absolute atomic E-state index is 12.3. The van der Waals surface area contributed by atoms with Crippen LogP contribution in [0.4, 0.5) is 5.69 Å². The Labute approximate surface area is 150 Å². The third kappa shape index (κ3) is 3.62. The molecule has 26 heavy (non-hydrogen) atoms. The Kier molecular flexibility index (Phi) is 4.81. The molecular weight excluding hydrogens is 328 g/mol. The average Bonchev–Trinajstić information content (AvgIpc) is 2.98. The first-order valence-corrected chi connectivity index (χ1v) is 7.93. The summed E-state index contributed by atoms with van der Waals surface area (Å²) >= 11 is 0. The van der Waals surface area contributed by atoms with E-state index in [0.717, 1.165) is 16.6 Å². The van der Waals surface area contributed by atoms with E-state index in [9.17, 15) is 9.59 Å². The standard InChI is InChI=1S/C20H16N4O2/c21-11-14(20(22)26)10-15-12-24(18-9-5-4-8-17(15)18)13-19(25)23-16-6-2-1-3-7-16/h1-10,12H,13H2,(H2,22,26)(H,23,25). The first kappa shape index (κ1) is 17.0. The molecule has 1 heterocycles. The lowest BCUT2D eigenvalue weighted by atomic mass is 10.1. The van der Waals surface area contributed by atoms with E-state index in [-0.39, 0.29) is 18.0 Å². The van der Waals surface area contributed by atoms with Gasteiger partial charge in [0.05, 0.1) is 0 Å². The molecule has 128 valence electrons. The van der Waals surface area contributed by atoms with Gasteiger partial charge in [-0.15, -0.1) is 0 Å². The topological polar surface area (TPSA) is 101 Å². The summed E-state index contributed by atoms with van der Waals surface area (Å²) in [6, 6.07) is 18.4. The third-order valence-corrected chi connectivity index (χ3v) is 3.88. The lowest BCUT2D eigenvalue weighted by molar-refractivity contribution is -0.116. The van der Waals surface area contributed by atoms with Crippen LogP contribution in [-0.2, 0) is 16.1 Å². The molecule has 0 bridgehead atoms. The van der Waals surface area contributed by atoms with Crippen LogP contribution in [-0.4, -0.2) is 16.4 Å². The SMILES string of the molecule is N#CC(=Cc1cn(CC(=O)Nc2ccccc2)c2ccccc12)C(N)=O. The number of carbonyl (C=O) groups excluding carboxylic acids is 2. The van der Waals surface area contributed by atoms with Crippen molar-refractivity contribution in [3.63, 3.8) is 0 Å². The minimum Gasteiger partial charge on any atom is -0.365 e. The number of hydrogen-bond acceptors (Lipinski definition) is 3. The van der Waals surface area contributed by atoms with Crippen LogP contribution in [0, 0.1) is 11.3 Å². The highest BCUT2D eigenvalue weighted by Gasteiger charge is 2.12. The molecule has 3 N–H and O–H groups in total. The second-order valence-electron chi connectivity index (χ2n) is 5.68. The number of nitrogens with one attached hydrogen (secondary N) is 1. The highest BCUT2D eigenvalue weighted by Crippen LogP contribution is 2.23. The lowest BCUT2D eigenvalue weighted by Crippen LogP contribution is -2.18. The zero-order valence-corrected chi connectivity index (χ0v) is 13.8. The number of hydrogen-bond donors (Lipinski definition) is 2. The van der Waals surface area contributed by atoms with Crippen LogP contribution in [0.25, 0.3) is 17.0 Å². The summed E-state index contributed by atoms with van der Waals surface area (Å²) in [6.45, 7) is 0.0989. The van der Waals surface area contributed by atoms with Crippen LogP contribution in [0.2, 0.25) is 0 Å². The van der Waals surface area contributed by atoms with Gasteiger partial charge >= 0.3 is 0 Å². The van der Waals surface area contributed by atoms with Crippen molar-refractivity contribution in [3.8, 4) is 6.07 Å². The number of nitriles is 1. The molecular formula is C20H16N4O2. The number of nitrogens with two attached hydrogens (primary N) is 1. The molecule has 2 aromatic carbocycles. The van der Waals surface area contributed by atoms with E-state index in [2.05, 4.69) is 5.32 Å². The summed E-state index contributed by atoms with van der Waals surface area (Å²) in [5.74, 6) is -0.964. The Morgan fingerprint density at radius 2 is 1.81 bits per heavy atom. The number of aromatic nitrogens is 1. The Hall–Kier alpha value is -3.85. The summed E-state index contributed by atoms with van der Waals surface area (Å²) in [5.41, 5.74) is 7.27. The molecule has 1 aromatic heterocycles. The lowest BCUT2D eigenvalue weighted by Gasteiger charge is -2.07. The average molecular weight is 344 g/mol. The number of fused-ring (bicyclic) bond motifs is 1. The number of carbonyl (C=O) groups is 2. The molecule has 2 amide bonds. The Bertz CT molecular complexity index is 1040. The molecule has 3 aromatic rings. The van der Waals surface area contributed by atoms with Gasteiger partial charge in [-0.25, -0.2) is 0 Å². The van der Waals surface area contributed by atoms with E-state index in [1.807, 2.05) is 54.6 Å². The minimum atomic E-state index is -0.786. The van der Waals surface area contributed by atoms with Crippen LogP contribution in [0.1, 0.15) is 5.56 Å². The molecule has 0 saturated carbocycles. The van der Waals surface area contributed by atoms with Crippen molar-refractivity contribution in [3.05, 3.63) is 71.9 Å². The summed E-state index contributed by atoms with van der Waals surface area (Å²) in [6.07, 6.45) is 3.17. The molecule has 0 radical (unpaired) electrons. The van der Waals surface area contributed by atoms with E-state index in [1.54, 1.807) is 16.8 Å². The van der Waals surface area contributed by atoms with E-state index >= 15 is 0 Å². The van der Waals surface area contributed by atoms with Gasteiger partial charge in [-0.05, 0) is 24.3 Å². The van der Waals surface area contributed by atoms with Gasteiger partial charge in [0, 0.05) is 28.4 Å². The predicted octanol–water partition coefficient (Wildman–Crippen LogP) is 2.67. The van der Waals surface area contributed by atoms with Crippen molar-refractivity contribution in [2.45, 2.75) is 6.54 Å². The number of rotatable bonds is 5. The molecule has 3 rings (SSSR count). The molecule has 0 aliphatic carbocycles. The first-order chi connectivity index (χ1) is 12.6. The first-order valence-electron chi connectivity index (χ1n) is 7.93. The van der Waals surface area contributed by atoms with Crippen LogP contribution in [0.5, 0.6) is 0 Å². The molecule has 0 aliphatic rings. The van der Waals surface area contributed by atoms with E-state index < -0.39 is 5.91 Å². The van der Waals surface area contributed by atoms with Gasteiger partial charge in [0.25, 0.3) is 5.91 Å². The number of primary amides is 1. The molecule has 0 atom stereocenters. The van der Waals surface area contributed by atoms with Crippen LogP contribution in [0.3, 0.4) is 0 Å². The predicted molar refractivity (Wildman–Crippen MR) is 99.8 cm³/mol. The van der Waals surface area contributed by atoms with Crippen LogP contribution < -0.4 is 11.1 Å². The summed E-state index contributed by atoms with van der Waals surface area (Å²) in [4.78, 5) is 23.7. The highest BCUT2D eigenvalue weighted by atomic mass is 16.2. The van der Waals surface area contributed by atoms with Crippen LogP contribution >= 0.6 is 0 Å². The number of para-hydroxylation sites is 2. The molecule has 0 aliphatic heterocycles. The molecule has 0 spiro atoms. The van der Waals surface area contributed by atoms with E-state index in [1.165, 1.54) is 6.08 Å². The van der Waals surface area contributed by atoms with Gasteiger partial charge in [-0.3, -0.25) is 9.59 Å². The van der Waals surface area contributed by atoms with E-state index in [4.69, 9.17) is 11.0 Å². The molecule has 0 fully saturated rings. The van der Waals surface area contributed by atoms with Crippen LogP contribution in [0.15, 0.2) is 66.4 Å². The van der Waals surface area contributed by atoms with Crippen molar-refractivity contribution in [1.82, 2.24) is 4.57 Å². The fraction of sp³-hybridized carbons (Fsp3) is 0.0500. The summed E-state index contributed by atoms with van der Waals surface area (Å²) in [5, 5.41) is 12.7. The zero-order chi connectivity index (χ0) is 18.5. The van der Waals surface area contributed by atoms with E-state index in [0.29, 0.717) is 5.56 Å². The third-order valence-electron chi connectivity index (χ3n) is 3.88. The smallest absolute Gasteiger partial charge is 0.259 e. The van der Waals surface area contributed by atoms with Gasteiger partial charge in [-0.1, -0.05) is 36.4 Å². The number of nitrogens with zero attached hydrogens (tertiary/aromatic N) is 2. The monoisotopic (exact) mass is 344 g/mol. The fourth-order valence-corrected chi connectivity index (χ4v) is 2.71. The van der Waals surface area contributed by atoms with Crippen molar-refractivity contribution in [1.29, 1.82) is 5.26 Å². The van der Waals surface area contributed by atoms with Gasteiger partial charge in [0.2, 0.25) is 5.91 Å². The fourth-order valence-electron chi connectivity index (χ4n) is 2.71. The van der Waals surface area contributed by atoms with Gasteiger partial charge in [-0.2, -0.15) is 5.26 Å². The molecule has 6 nitrogen and oxygen atoms in total. The normalized spacial score (nSPS) is 11.1. The Morgan fingerprint density at radius 1 is 1.12 bits per heavy atom. The molecule has 0 saturated heterocycles. The largest absolute Gasteiger partial charge is 0.365 e. The number of amides is 2. The van der Waals surface area contributed by atoms with Gasteiger partial charge < -0.3 is 15.6 Å². The zero-order valence-electron chi connectivity index (χ0n) is 13.8. The molecule has 6 heteroatoms. The quantitative estimate of drug-likeness (QED) is 0.549. The summed E-state index contributed by atoms with van der Waals surface area (Å²) < 4.78 is 1.77. The minimum absolute atomic E-state index is 0.0989. The highest BCUT2D eigenvalue weighted by molar-refractivity contribution is 6.03. The number of benzene rings is 2. The maximum atomic E-state index is 12.3. The second-order valence-corrected chi connectivity index (χ2v) is 5.68. The van der Waals surface area contributed by atoms with Gasteiger partial charge in [0.1, 0.15) is 18.2 Å². The van der Waals surface area contributed by atoms with Crippen molar-refractivity contribution in [2.24, 2.45) is 5.73 Å². The summed E-state index contributed by atoms with van der Waals surface area (Å²) in [7, 11) is 0. The Morgan fingerprint density at radius 3 is 2.50 bits per heavy atom. The van der Waals surface area contributed by atoms with Gasteiger partial charge in [0.15, 0.2) is 0 Å².